The second kappa shape index (κ2) is 6.89. The minimum absolute atomic E-state index is 0.0340. The first-order valence-electron chi connectivity index (χ1n) is 6.53. The number of halogens is 1. The Balaban J connectivity index is 2.15. The topological polar surface area (TPSA) is 58.2 Å². The lowest BCUT2D eigenvalue weighted by Crippen LogP contribution is -2.28. The molecule has 0 aromatic heterocycles. The van der Waals surface area contributed by atoms with Crippen LogP contribution in [0.25, 0.3) is 0 Å². The number of benzene rings is 1. The molecule has 4 nitrogen and oxygen atoms in total. The van der Waals surface area contributed by atoms with Gasteiger partial charge in [-0.15, -0.1) is 0 Å². The third kappa shape index (κ3) is 4.44. The molecule has 20 heavy (non-hydrogen) atoms. The van der Waals surface area contributed by atoms with Crippen molar-refractivity contribution in [2.75, 3.05) is 18.6 Å². The van der Waals surface area contributed by atoms with Crippen LogP contribution in [0.15, 0.2) is 23.1 Å². The lowest BCUT2D eigenvalue weighted by Gasteiger charge is -2.12. The second-order valence-electron chi connectivity index (χ2n) is 4.80. The highest BCUT2D eigenvalue weighted by Gasteiger charge is 2.23. The third-order valence-corrected chi connectivity index (χ3v) is 5.23. The van der Waals surface area contributed by atoms with Gasteiger partial charge < -0.3 is 5.32 Å². The first kappa shape index (κ1) is 15.8. The van der Waals surface area contributed by atoms with Crippen LogP contribution in [0, 0.1) is 5.82 Å². The number of rotatable bonds is 8. The number of thioether (sulfide) groups is 1. The molecule has 1 fully saturated rings. The summed E-state index contributed by atoms with van der Waals surface area (Å²) in [7, 11) is -3.66. The van der Waals surface area contributed by atoms with Crippen LogP contribution in [0.5, 0.6) is 0 Å². The molecule has 0 aliphatic heterocycles. The van der Waals surface area contributed by atoms with Crippen molar-refractivity contribution in [3.05, 3.63) is 29.6 Å². The number of hydrogen-bond acceptors (Lipinski definition) is 4. The van der Waals surface area contributed by atoms with Crippen molar-refractivity contribution >= 4 is 21.8 Å². The summed E-state index contributed by atoms with van der Waals surface area (Å²) >= 11 is 1.55. The van der Waals surface area contributed by atoms with E-state index in [2.05, 4.69) is 10.0 Å². The molecule has 112 valence electrons. The predicted octanol–water partition coefficient (Wildman–Crippen LogP) is 1.72. The monoisotopic (exact) mass is 318 g/mol. The van der Waals surface area contributed by atoms with Crippen LogP contribution in [0.1, 0.15) is 18.4 Å². The van der Waals surface area contributed by atoms with Crippen molar-refractivity contribution in [1.82, 2.24) is 10.0 Å². The lowest BCUT2D eigenvalue weighted by molar-refractivity contribution is 0.575. The van der Waals surface area contributed by atoms with E-state index >= 15 is 0 Å². The number of nitrogens with one attached hydrogen (secondary N) is 2. The Morgan fingerprint density at radius 1 is 1.40 bits per heavy atom. The average molecular weight is 318 g/mol. The SMILES string of the molecule is CSCCNS(=O)(=O)c1cc(F)ccc1CNC1CC1. The maximum absolute atomic E-state index is 13.4. The fraction of sp³-hybridized carbons (Fsp3) is 0.538. The molecule has 2 rings (SSSR count). The van der Waals surface area contributed by atoms with Crippen molar-refractivity contribution < 1.29 is 12.8 Å². The molecule has 7 heteroatoms. The molecule has 0 unspecified atom stereocenters. The van der Waals surface area contributed by atoms with E-state index in [9.17, 15) is 12.8 Å². The summed E-state index contributed by atoms with van der Waals surface area (Å²) in [6, 6.07) is 4.39. The van der Waals surface area contributed by atoms with Gasteiger partial charge in [-0.25, -0.2) is 17.5 Å². The van der Waals surface area contributed by atoms with Gasteiger partial charge in [0.2, 0.25) is 10.0 Å². The van der Waals surface area contributed by atoms with Gasteiger partial charge in [0.25, 0.3) is 0 Å². The van der Waals surface area contributed by atoms with E-state index < -0.39 is 15.8 Å². The van der Waals surface area contributed by atoms with Gasteiger partial charge >= 0.3 is 0 Å². The average Bonchev–Trinajstić information content (AvgIpc) is 3.21. The molecule has 0 heterocycles. The molecular weight excluding hydrogens is 299 g/mol. The van der Waals surface area contributed by atoms with Crippen molar-refractivity contribution in [2.24, 2.45) is 0 Å². The Hall–Kier alpha value is -0.630. The molecular formula is C13H19FN2O2S2. The van der Waals surface area contributed by atoms with E-state index in [4.69, 9.17) is 0 Å². The summed E-state index contributed by atoms with van der Waals surface area (Å²) in [4.78, 5) is 0.0340. The highest BCUT2D eigenvalue weighted by molar-refractivity contribution is 7.98. The van der Waals surface area contributed by atoms with E-state index in [1.807, 2.05) is 6.26 Å². The van der Waals surface area contributed by atoms with Crippen LogP contribution < -0.4 is 10.0 Å². The van der Waals surface area contributed by atoms with Crippen LogP contribution in [-0.4, -0.2) is 33.0 Å². The Morgan fingerprint density at radius 3 is 2.80 bits per heavy atom. The number of hydrogen-bond donors (Lipinski definition) is 2. The summed E-state index contributed by atoms with van der Waals surface area (Å²) in [6.07, 6.45) is 4.14. The minimum atomic E-state index is -3.66. The molecule has 1 aromatic carbocycles. The Bertz CT molecular complexity index is 559. The lowest BCUT2D eigenvalue weighted by atomic mass is 10.2. The smallest absolute Gasteiger partial charge is 0.241 e. The zero-order chi connectivity index (χ0) is 14.6. The number of sulfonamides is 1. The molecule has 2 N–H and O–H groups in total. The van der Waals surface area contributed by atoms with E-state index in [0.29, 0.717) is 30.4 Å². The van der Waals surface area contributed by atoms with Crippen molar-refractivity contribution in [2.45, 2.75) is 30.3 Å². The minimum Gasteiger partial charge on any atom is -0.310 e. The van der Waals surface area contributed by atoms with Crippen LogP contribution >= 0.6 is 11.8 Å². The molecule has 1 aliphatic rings. The first-order valence-corrected chi connectivity index (χ1v) is 9.41. The normalized spacial score (nSPS) is 15.5. The zero-order valence-electron chi connectivity index (χ0n) is 11.4. The van der Waals surface area contributed by atoms with E-state index in [1.165, 1.54) is 12.1 Å². The molecule has 0 spiro atoms. The molecule has 0 bridgehead atoms. The highest BCUT2D eigenvalue weighted by Crippen LogP contribution is 2.22. The van der Waals surface area contributed by atoms with Gasteiger partial charge in [0.1, 0.15) is 5.82 Å². The molecule has 0 saturated heterocycles. The summed E-state index contributed by atoms with van der Waals surface area (Å²) in [5.74, 6) is 0.148. The van der Waals surface area contributed by atoms with Gasteiger partial charge in [0, 0.05) is 24.9 Å². The molecule has 1 aliphatic carbocycles. The van der Waals surface area contributed by atoms with Crippen LogP contribution in [0.3, 0.4) is 0 Å². The molecule has 0 radical (unpaired) electrons. The second-order valence-corrected chi connectivity index (χ2v) is 7.52. The maximum atomic E-state index is 13.4. The van der Waals surface area contributed by atoms with Crippen LogP contribution in [0.2, 0.25) is 0 Å². The summed E-state index contributed by atoms with van der Waals surface area (Å²) in [5, 5.41) is 3.25. The van der Waals surface area contributed by atoms with Crippen molar-refractivity contribution in [1.29, 1.82) is 0 Å². The molecule has 1 aromatic rings. The quantitative estimate of drug-likeness (QED) is 0.717. The zero-order valence-corrected chi connectivity index (χ0v) is 13.0. The van der Waals surface area contributed by atoms with Crippen LogP contribution in [0.4, 0.5) is 4.39 Å². The molecule has 0 amide bonds. The Kier molecular flexibility index (Phi) is 5.42. The summed E-state index contributed by atoms with van der Waals surface area (Å²) < 4.78 is 40.3. The Labute approximate surface area is 123 Å². The third-order valence-electron chi connectivity index (χ3n) is 3.08. The van der Waals surface area contributed by atoms with Gasteiger partial charge in [-0.2, -0.15) is 11.8 Å². The van der Waals surface area contributed by atoms with Crippen molar-refractivity contribution in [3.8, 4) is 0 Å². The van der Waals surface area contributed by atoms with Crippen molar-refractivity contribution in [3.63, 3.8) is 0 Å². The fourth-order valence-electron chi connectivity index (χ4n) is 1.82. The predicted molar refractivity (Wildman–Crippen MR) is 79.8 cm³/mol. The summed E-state index contributed by atoms with van der Waals surface area (Å²) in [6.45, 7) is 0.791. The van der Waals surface area contributed by atoms with Gasteiger partial charge in [0.15, 0.2) is 0 Å². The highest BCUT2D eigenvalue weighted by atomic mass is 32.2. The molecule has 1 saturated carbocycles. The summed E-state index contributed by atoms with van der Waals surface area (Å²) in [5.41, 5.74) is 0.606. The van der Waals surface area contributed by atoms with E-state index in [1.54, 1.807) is 11.8 Å². The van der Waals surface area contributed by atoms with Gasteiger partial charge in [-0.3, -0.25) is 0 Å². The fourth-order valence-corrected chi connectivity index (χ4v) is 3.54. The molecule has 0 atom stereocenters. The van der Waals surface area contributed by atoms with E-state index in [0.717, 1.165) is 18.9 Å². The standard InChI is InChI=1S/C13H19FN2O2S2/c1-19-7-6-16-20(17,18)13-8-11(14)3-2-10(13)9-15-12-4-5-12/h2-3,8,12,15-16H,4-7,9H2,1H3. The first-order chi connectivity index (χ1) is 9.53. The Morgan fingerprint density at radius 2 is 2.15 bits per heavy atom. The van der Waals surface area contributed by atoms with E-state index in [-0.39, 0.29) is 4.90 Å². The largest absolute Gasteiger partial charge is 0.310 e. The van der Waals surface area contributed by atoms with Crippen LogP contribution in [-0.2, 0) is 16.6 Å². The maximum Gasteiger partial charge on any atom is 0.241 e. The van der Waals surface area contributed by atoms with Gasteiger partial charge in [-0.05, 0) is 36.8 Å². The van der Waals surface area contributed by atoms with Gasteiger partial charge in [0.05, 0.1) is 4.90 Å². The van der Waals surface area contributed by atoms with Gasteiger partial charge in [-0.1, -0.05) is 6.07 Å².